The largest absolute Gasteiger partial charge is 0.387 e. The molecule has 1 aliphatic rings. The molecular weight excluding hydrogens is 262 g/mol. The van der Waals surface area contributed by atoms with Crippen molar-refractivity contribution in [2.45, 2.75) is 13.3 Å². The Bertz CT molecular complexity index is 651. The minimum Gasteiger partial charge on any atom is -0.387 e. The number of fused-ring (bicyclic) bond motifs is 1. The van der Waals surface area contributed by atoms with Gasteiger partial charge in [-0.25, -0.2) is 4.98 Å². The number of carbonyl (C=O) groups is 1. The van der Waals surface area contributed by atoms with E-state index in [-0.39, 0.29) is 5.91 Å². The van der Waals surface area contributed by atoms with Crippen molar-refractivity contribution in [1.82, 2.24) is 4.98 Å². The minimum absolute atomic E-state index is 0.0309. The topological polar surface area (TPSA) is 45.2 Å². The number of rotatable bonds is 2. The molecule has 3 rings (SSSR count). The minimum atomic E-state index is -0.0309. The first-order chi connectivity index (χ1) is 10.2. The molecule has 0 radical (unpaired) electrons. The summed E-state index contributed by atoms with van der Waals surface area (Å²) in [4.78, 5) is 18.9. The predicted octanol–water partition coefficient (Wildman–Crippen LogP) is 2.96. The SMILES string of the molecule is CNc1ccc(C(=O)N2CC(C)Cc3ccccc32)nc1. The number of pyridine rings is 1. The lowest BCUT2D eigenvalue weighted by molar-refractivity contribution is 0.0976. The summed E-state index contributed by atoms with van der Waals surface area (Å²) in [7, 11) is 1.83. The summed E-state index contributed by atoms with van der Waals surface area (Å²) >= 11 is 0. The van der Waals surface area contributed by atoms with Gasteiger partial charge in [-0.15, -0.1) is 0 Å². The quantitative estimate of drug-likeness (QED) is 0.920. The van der Waals surface area contributed by atoms with E-state index in [1.807, 2.05) is 36.2 Å². The second kappa shape index (κ2) is 5.56. The first-order valence-corrected chi connectivity index (χ1v) is 7.22. The molecule has 0 saturated heterocycles. The number of hydrogen-bond acceptors (Lipinski definition) is 3. The summed E-state index contributed by atoms with van der Waals surface area (Å²) in [6.07, 6.45) is 2.71. The smallest absolute Gasteiger partial charge is 0.276 e. The van der Waals surface area contributed by atoms with Crippen LogP contribution < -0.4 is 10.2 Å². The highest BCUT2D eigenvalue weighted by Crippen LogP contribution is 2.30. The Morgan fingerprint density at radius 1 is 1.29 bits per heavy atom. The van der Waals surface area contributed by atoms with Crippen LogP contribution in [0, 0.1) is 5.92 Å². The fourth-order valence-corrected chi connectivity index (χ4v) is 2.80. The van der Waals surface area contributed by atoms with Crippen LogP contribution in [0.1, 0.15) is 23.0 Å². The summed E-state index contributed by atoms with van der Waals surface area (Å²) in [6, 6.07) is 11.8. The average Bonchev–Trinajstić information content (AvgIpc) is 2.53. The monoisotopic (exact) mass is 281 g/mol. The Labute approximate surface area is 124 Å². The molecule has 0 spiro atoms. The summed E-state index contributed by atoms with van der Waals surface area (Å²) in [5, 5.41) is 3.01. The van der Waals surface area contributed by atoms with E-state index in [4.69, 9.17) is 0 Å². The highest BCUT2D eigenvalue weighted by Gasteiger charge is 2.27. The van der Waals surface area contributed by atoms with Crippen LogP contribution in [-0.4, -0.2) is 24.5 Å². The van der Waals surface area contributed by atoms with Crippen molar-refractivity contribution in [2.24, 2.45) is 5.92 Å². The van der Waals surface area contributed by atoms with Gasteiger partial charge < -0.3 is 10.2 Å². The van der Waals surface area contributed by atoms with E-state index in [1.165, 1.54) is 5.56 Å². The number of para-hydroxylation sites is 1. The molecule has 0 fully saturated rings. The van der Waals surface area contributed by atoms with Crippen LogP contribution in [0.25, 0.3) is 0 Å². The van der Waals surface area contributed by atoms with E-state index in [1.54, 1.807) is 12.3 Å². The van der Waals surface area contributed by atoms with Gasteiger partial charge in [0.2, 0.25) is 0 Å². The summed E-state index contributed by atoms with van der Waals surface area (Å²) in [5.41, 5.74) is 3.63. The molecule has 1 aliphatic heterocycles. The number of nitrogens with zero attached hydrogens (tertiary/aromatic N) is 2. The van der Waals surface area contributed by atoms with E-state index in [0.29, 0.717) is 11.6 Å². The molecule has 108 valence electrons. The number of aromatic nitrogens is 1. The van der Waals surface area contributed by atoms with Crippen molar-refractivity contribution in [3.63, 3.8) is 0 Å². The molecule has 21 heavy (non-hydrogen) atoms. The lowest BCUT2D eigenvalue weighted by Crippen LogP contribution is -2.39. The number of benzene rings is 1. The van der Waals surface area contributed by atoms with Gasteiger partial charge in [0.05, 0.1) is 11.9 Å². The highest BCUT2D eigenvalue weighted by molar-refractivity contribution is 6.05. The first kappa shape index (κ1) is 13.6. The summed E-state index contributed by atoms with van der Waals surface area (Å²) < 4.78 is 0. The van der Waals surface area contributed by atoms with E-state index in [9.17, 15) is 4.79 Å². The van der Waals surface area contributed by atoms with E-state index >= 15 is 0 Å². The van der Waals surface area contributed by atoms with Crippen molar-refractivity contribution >= 4 is 17.3 Å². The molecule has 1 unspecified atom stereocenters. The Hall–Kier alpha value is -2.36. The summed E-state index contributed by atoms with van der Waals surface area (Å²) in [6.45, 7) is 2.92. The molecule has 4 heteroatoms. The Morgan fingerprint density at radius 2 is 2.10 bits per heavy atom. The fraction of sp³-hybridized carbons (Fsp3) is 0.294. The Balaban J connectivity index is 1.93. The zero-order valence-electron chi connectivity index (χ0n) is 12.3. The maximum Gasteiger partial charge on any atom is 0.276 e. The van der Waals surface area contributed by atoms with Gasteiger partial charge in [0, 0.05) is 19.3 Å². The maximum atomic E-state index is 12.8. The van der Waals surface area contributed by atoms with Crippen molar-refractivity contribution in [2.75, 3.05) is 23.8 Å². The zero-order valence-corrected chi connectivity index (χ0v) is 12.3. The van der Waals surface area contributed by atoms with Crippen LogP contribution in [-0.2, 0) is 6.42 Å². The van der Waals surface area contributed by atoms with Gasteiger partial charge in [0.15, 0.2) is 0 Å². The number of carbonyl (C=O) groups excluding carboxylic acids is 1. The normalized spacial score (nSPS) is 17.2. The van der Waals surface area contributed by atoms with Crippen molar-refractivity contribution < 1.29 is 4.79 Å². The molecule has 0 saturated carbocycles. The van der Waals surface area contributed by atoms with Gasteiger partial charge in [-0.05, 0) is 36.1 Å². The molecule has 2 aromatic rings. The lowest BCUT2D eigenvalue weighted by atomic mass is 9.93. The molecule has 1 amide bonds. The molecular formula is C17H19N3O. The fourth-order valence-electron chi connectivity index (χ4n) is 2.80. The van der Waals surface area contributed by atoms with Gasteiger partial charge in [-0.1, -0.05) is 25.1 Å². The number of hydrogen-bond donors (Lipinski definition) is 1. The van der Waals surface area contributed by atoms with Gasteiger partial charge in [0.1, 0.15) is 5.69 Å². The zero-order chi connectivity index (χ0) is 14.8. The lowest BCUT2D eigenvalue weighted by Gasteiger charge is -2.33. The summed E-state index contributed by atoms with van der Waals surface area (Å²) in [5.74, 6) is 0.428. The maximum absolute atomic E-state index is 12.8. The van der Waals surface area contributed by atoms with Gasteiger partial charge >= 0.3 is 0 Å². The molecule has 1 N–H and O–H groups in total. The third-order valence-electron chi connectivity index (χ3n) is 3.86. The van der Waals surface area contributed by atoms with Gasteiger partial charge in [-0.3, -0.25) is 4.79 Å². The molecule has 1 atom stereocenters. The standard InChI is InChI=1S/C17H19N3O/c1-12-9-13-5-3-4-6-16(13)20(11-12)17(21)15-8-7-14(18-2)10-19-15/h3-8,10,12,18H,9,11H2,1-2H3. The second-order valence-corrected chi connectivity index (χ2v) is 5.54. The van der Waals surface area contributed by atoms with Crippen LogP contribution in [0.15, 0.2) is 42.6 Å². The molecule has 2 heterocycles. The van der Waals surface area contributed by atoms with Crippen LogP contribution in [0.2, 0.25) is 0 Å². The molecule has 0 aliphatic carbocycles. The Kier molecular flexibility index (Phi) is 3.60. The van der Waals surface area contributed by atoms with Crippen LogP contribution in [0.4, 0.5) is 11.4 Å². The van der Waals surface area contributed by atoms with Crippen molar-refractivity contribution in [3.8, 4) is 0 Å². The van der Waals surface area contributed by atoms with E-state index in [0.717, 1.165) is 24.3 Å². The molecule has 0 bridgehead atoms. The Morgan fingerprint density at radius 3 is 2.81 bits per heavy atom. The molecule has 4 nitrogen and oxygen atoms in total. The molecule has 1 aromatic heterocycles. The third kappa shape index (κ3) is 2.61. The van der Waals surface area contributed by atoms with Crippen LogP contribution in [0.3, 0.4) is 0 Å². The van der Waals surface area contributed by atoms with E-state index < -0.39 is 0 Å². The second-order valence-electron chi connectivity index (χ2n) is 5.54. The average molecular weight is 281 g/mol. The highest BCUT2D eigenvalue weighted by atomic mass is 16.2. The van der Waals surface area contributed by atoms with Crippen LogP contribution >= 0.6 is 0 Å². The van der Waals surface area contributed by atoms with Gasteiger partial charge in [-0.2, -0.15) is 0 Å². The predicted molar refractivity (Wildman–Crippen MR) is 84.8 cm³/mol. The van der Waals surface area contributed by atoms with Crippen LogP contribution in [0.5, 0.6) is 0 Å². The van der Waals surface area contributed by atoms with Crippen molar-refractivity contribution in [1.29, 1.82) is 0 Å². The van der Waals surface area contributed by atoms with Gasteiger partial charge in [0.25, 0.3) is 5.91 Å². The van der Waals surface area contributed by atoms with Crippen molar-refractivity contribution in [3.05, 3.63) is 53.9 Å². The number of amides is 1. The number of anilines is 2. The number of nitrogens with one attached hydrogen (secondary N) is 1. The molecule has 1 aromatic carbocycles. The van der Waals surface area contributed by atoms with E-state index in [2.05, 4.69) is 23.3 Å². The third-order valence-corrected chi connectivity index (χ3v) is 3.86. The first-order valence-electron chi connectivity index (χ1n) is 7.22.